The van der Waals surface area contributed by atoms with Gasteiger partial charge in [0.15, 0.2) is 0 Å². The zero-order valence-corrected chi connectivity index (χ0v) is 17.2. The molecule has 6 heteroatoms. The van der Waals surface area contributed by atoms with Crippen LogP contribution < -0.4 is 10.2 Å². The smallest absolute Gasteiger partial charge is 0.316 e. The normalized spacial score (nSPS) is 14.0. The van der Waals surface area contributed by atoms with E-state index in [-0.39, 0.29) is 5.91 Å². The predicted molar refractivity (Wildman–Crippen MR) is 120 cm³/mol. The second-order valence-electron chi connectivity index (χ2n) is 7.54. The van der Waals surface area contributed by atoms with Crippen LogP contribution in [0.25, 0.3) is 0 Å². The number of amides is 3. The van der Waals surface area contributed by atoms with E-state index in [1.807, 2.05) is 73.7 Å². The molecule has 3 amide bonds. The van der Waals surface area contributed by atoms with Crippen molar-refractivity contribution >= 4 is 29.1 Å². The van der Waals surface area contributed by atoms with Crippen LogP contribution in [0.15, 0.2) is 78.9 Å². The van der Waals surface area contributed by atoms with Crippen LogP contribution in [0, 0.1) is 6.92 Å². The van der Waals surface area contributed by atoms with Gasteiger partial charge >= 0.3 is 11.8 Å². The molecule has 1 aliphatic rings. The Labute approximate surface area is 181 Å². The van der Waals surface area contributed by atoms with Gasteiger partial charge in [0.2, 0.25) is 0 Å². The van der Waals surface area contributed by atoms with Gasteiger partial charge in [-0.1, -0.05) is 48.0 Å². The highest BCUT2D eigenvalue weighted by molar-refractivity contribution is 6.40. The molecule has 0 bridgehead atoms. The molecule has 1 N–H and O–H groups in total. The number of nitrogens with zero attached hydrogens (tertiary/aromatic N) is 2. The number of hydrogen-bond donors (Lipinski definition) is 1. The monoisotopic (exact) mass is 413 g/mol. The molecule has 0 unspecified atom stereocenters. The number of carbonyl (C=O) groups excluding carboxylic acids is 3. The Bertz CT molecular complexity index is 1090. The van der Waals surface area contributed by atoms with Crippen molar-refractivity contribution < 1.29 is 14.4 Å². The van der Waals surface area contributed by atoms with Gasteiger partial charge in [-0.3, -0.25) is 14.4 Å². The molecule has 0 spiro atoms. The molecule has 1 fully saturated rings. The second-order valence-corrected chi connectivity index (χ2v) is 7.54. The molecule has 0 aliphatic carbocycles. The van der Waals surface area contributed by atoms with E-state index in [0.717, 1.165) is 22.5 Å². The quantitative estimate of drug-likeness (QED) is 0.650. The van der Waals surface area contributed by atoms with Gasteiger partial charge in [-0.2, -0.15) is 0 Å². The molecular formula is C25H23N3O3. The van der Waals surface area contributed by atoms with Crippen molar-refractivity contribution in [3.05, 3.63) is 95.6 Å². The second kappa shape index (κ2) is 8.83. The zero-order chi connectivity index (χ0) is 21.8. The summed E-state index contributed by atoms with van der Waals surface area (Å²) < 4.78 is 0. The number of hydrogen-bond acceptors (Lipinski definition) is 3. The third kappa shape index (κ3) is 4.64. The number of benzene rings is 3. The van der Waals surface area contributed by atoms with Crippen LogP contribution in [0.1, 0.15) is 21.5 Å². The molecule has 3 aromatic carbocycles. The first-order chi connectivity index (χ1) is 15.0. The van der Waals surface area contributed by atoms with Crippen LogP contribution in [0.3, 0.4) is 0 Å². The summed E-state index contributed by atoms with van der Waals surface area (Å²) in [5, 5.41) is 2.87. The zero-order valence-electron chi connectivity index (χ0n) is 17.2. The number of anilines is 2. The molecule has 0 aromatic heterocycles. The van der Waals surface area contributed by atoms with Crippen molar-refractivity contribution in [3.8, 4) is 0 Å². The van der Waals surface area contributed by atoms with Crippen molar-refractivity contribution in [2.24, 2.45) is 0 Å². The van der Waals surface area contributed by atoms with E-state index < -0.39 is 11.8 Å². The maximum absolute atomic E-state index is 12.6. The molecule has 1 saturated heterocycles. The van der Waals surface area contributed by atoms with Crippen molar-refractivity contribution in [1.29, 1.82) is 0 Å². The van der Waals surface area contributed by atoms with E-state index in [4.69, 9.17) is 0 Å². The highest BCUT2D eigenvalue weighted by Gasteiger charge is 2.33. The number of rotatable bonds is 5. The summed E-state index contributed by atoms with van der Waals surface area (Å²) in [5.41, 5.74) is 3.98. The van der Waals surface area contributed by atoms with Crippen molar-refractivity contribution in [2.45, 2.75) is 13.5 Å². The highest BCUT2D eigenvalue weighted by Crippen LogP contribution is 2.19. The summed E-state index contributed by atoms with van der Waals surface area (Å²) in [6, 6.07) is 23.9. The van der Waals surface area contributed by atoms with Crippen LogP contribution in [0.4, 0.5) is 11.4 Å². The van der Waals surface area contributed by atoms with Gasteiger partial charge in [0.25, 0.3) is 5.91 Å². The molecular weight excluding hydrogens is 390 g/mol. The summed E-state index contributed by atoms with van der Waals surface area (Å²) in [7, 11) is 0. The fourth-order valence-electron chi connectivity index (χ4n) is 3.50. The maximum atomic E-state index is 12.6. The lowest BCUT2D eigenvalue weighted by atomic mass is 10.1. The minimum absolute atomic E-state index is 0.196. The topological polar surface area (TPSA) is 69.7 Å². The van der Waals surface area contributed by atoms with Gasteiger partial charge < -0.3 is 15.1 Å². The van der Waals surface area contributed by atoms with Gasteiger partial charge in [0.05, 0.1) is 0 Å². The molecule has 1 aliphatic heterocycles. The van der Waals surface area contributed by atoms with Gasteiger partial charge in [-0.05, 0) is 48.9 Å². The molecule has 0 atom stereocenters. The van der Waals surface area contributed by atoms with Gasteiger partial charge in [-0.15, -0.1) is 0 Å². The third-order valence-electron chi connectivity index (χ3n) is 5.28. The Morgan fingerprint density at radius 2 is 1.52 bits per heavy atom. The summed E-state index contributed by atoms with van der Waals surface area (Å²) in [4.78, 5) is 40.6. The van der Waals surface area contributed by atoms with Gasteiger partial charge in [0, 0.05) is 36.6 Å². The molecule has 156 valence electrons. The first-order valence-corrected chi connectivity index (χ1v) is 10.1. The summed E-state index contributed by atoms with van der Waals surface area (Å²) in [6.45, 7) is 3.22. The molecule has 31 heavy (non-hydrogen) atoms. The lowest BCUT2D eigenvalue weighted by molar-refractivity contribution is -0.146. The highest BCUT2D eigenvalue weighted by atomic mass is 16.2. The molecule has 1 heterocycles. The number of aryl methyl sites for hydroxylation is 1. The van der Waals surface area contributed by atoms with Crippen molar-refractivity contribution in [2.75, 3.05) is 23.3 Å². The number of nitrogens with one attached hydrogen (secondary N) is 1. The lowest BCUT2D eigenvalue weighted by Crippen LogP contribution is -2.54. The predicted octanol–water partition coefficient (Wildman–Crippen LogP) is 3.62. The number of carbonyl (C=O) groups is 3. The summed E-state index contributed by atoms with van der Waals surface area (Å²) >= 11 is 0. The van der Waals surface area contributed by atoms with E-state index >= 15 is 0 Å². The minimum atomic E-state index is -0.522. The Morgan fingerprint density at radius 1 is 0.839 bits per heavy atom. The average Bonchev–Trinajstić information content (AvgIpc) is 2.79. The fraction of sp³-hybridized carbons (Fsp3) is 0.160. The van der Waals surface area contributed by atoms with E-state index in [1.54, 1.807) is 17.0 Å². The van der Waals surface area contributed by atoms with E-state index in [2.05, 4.69) is 5.32 Å². The van der Waals surface area contributed by atoms with Crippen LogP contribution in [0.2, 0.25) is 0 Å². The first kappa shape index (κ1) is 20.3. The molecule has 4 rings (SSSR count). The Morgan fingerprint density at radius 3 is 2.19 bits per heavy atom. The molecule has 3 aromatic rings. The van der Waals surface area contributed by atoms with Crippen LogP contribution in [0.5, 0.6) is 0 Å². The number of piperazine rings is 1. The largest absolute Gasteiger partial charge is 0.328 e. The number of para-hydroxylation sites is 1. The van der Waals surface area contributed by atoms with Crippen molar-refractivity contribution in [1.82, 2.24) is 4.90 Å². The molecule has 6 nitrogen and oxygen atoms in total. The minimum Gasteiger partial charge on any atom is -0.328 e. The third-order valence-corrected chi connectivity index (χ3v) is 5.28. The van der Waals surface area contributed by atoms with E-state index in [1.165, 1.54) is 4.90 Å². The van der Waals surface area contributed by atoms with Crippen LogP contribution >= 0.6 is 0 Å². The van der Waals surface area contributed by atoms with Crippen molar-refractivity contribution in [3.63, 3.8) is 0 Å². The fourth-order valence-corrected chi connectivity index (χ4v) is 3.50. The van der Waals surface area contributed by atoms with Gasteiger partial charge in [-0.25, -0.2) is 0 Å². The summed E-state index contributed by atoms with van der Waals surface area (Å²) in [6.07, 6.45) is 0. The van der Waals surface area contributed by atoms with Gasteiger partial charge in [0.1, 0.15) is 0 Å². The van der Waals surface area contributed by atoms with Crippen LogP contribution in [-0.2, 0) is 16.1 Å². The molecule has 0 saturated carbocycles. The Hall–Kier alpha value is -3.93. The van der Waals surface area contributed by atoms with E-state index in [9.17, 15) is 14.4 Å². The summed E-state index contributed by atoms with van der Waals surface area (Å²) in [5.74, 6) is -1.24. The standard InChI is InChI=1S/C25H23N3O3/c1-18-7-13-21(14-8-18)26-23(29)20-11-9-19(10-12-20)17-27-15-16-28(25(31)24(27)30)22-5-3-2-4-6-22/h2-14H,15-17H2,1H3,(H,26,29). The Kier molecular flexibility index (Phi) is 5.80. The molecule has 0 radical (unpaired) electrons. The Balaban J connectivity index is 1.38. The van der Waals surface area contributed by atoms with E-state index in [0.29, 0.717) is 25.2 Å². The first-order valence-electron chi connectivity index (χ1n) is 10.1. The lowest BCUT2D eigenvalue weighted by Gasteiger charge is -2.33. The average molecular weight is 413 g/mol. The maximum Gasteiger partial charge on any atom is 0.316 e. The SMILES string of the molecule is Cc1ccc(NC(=O)c2ccc(CN3CCN(c4ccccc4)C(=O)C3=O)cc2)cc1. The van der Waals surface area contributed by atoms with Crippen LogP contribution in [-0.4, -0.2) is 35.7 Å².